The van der Waals surface area contributed by atoms with Crippen LogP contribution in [0.15, 0.2) is 36.4 Å². The summed E-state index contributed by atoms with van der Waals surface area (Å²) in [5.41, 5.74) is -0.863. The summed E-state index contributed by atoms with van der Waals surface area (Å²) in [5, 5.41) is 7.37. The number of amides is 1. The van der Waals surface area contributed by atoms with Gasteiger partial charge in [0.05, 0.1) is 16.5 Å². The Hall–Kier alpha value is -3.10. The Morgan fingerprint density at radius 3 is 2.43 bits per heavy atom. The molecule has 4 rings (SSSR count). The minimum absolute atomic E-state index is 0.185. The van der Waals surface area contributed by atoms with E-state index in [1.165, 1.54) is 29.7 Å². The zero-order valence-electron chi connectivity index (χ0n) is 16.5. The molecule has 0 unspecified atom stereocenters. The van der Waals surface area contributed by atoms with Crippen LogP contribution < -0.4 is 10.2 Å². The largest absolute Gasteiger partial charge is 0.417 e. The van der Waals surface area contributed by atoms with Crippen LogP contribution in [0.3, 0.4) is 0 Å². The topological polar surface area (TPSA) is 63.1 Å². The van der Waals surface area contributed by atoms with E-state index in [0.29, 0.717) is 11.0 Å². The van der Waals surface area contributed by atoms with Crippen molar-refractivity contribution in [2.45, 2.75) is 31.9 Å². The number of nitrogens with zero attached hydrogens (tertiary/aromatic N) is 4. The molecule has 1 aromatic carbocycles. The van der Waals surface area contributed by atoms with Gasteiger partial charge in [-0.2, -0.15) is 18.3 Å². The Bertz CT molecular complexity index is 1070. The molecule has 0 radical (unpaired) electrons. The number of carbonyl (C=O) groups is 1. The van der Waals surface area contributed by atoms with Crippen molar-refractivity contribution in [1.82, 2.24) is 14.8 Å². The van der Waals surface area contributed by atoms with Crippen LogP contribution in [0.5, 0.6) is 0 Å². The van der Waals surface area contributed by atoms with Crippen LogP contribution in [0.2, 0.25) is 0 Å². The predicted molar refractivity (Wildman–Crippen MR) is 109 cm³/mol. The van der Waals surface area contributed by atoms with Crippen molar-refractivity contribution < 1.29 is 18.0 Å². The molecule has 6 nitrogen and oxygen atoms in total. The zero-order chi connectivity index (χ0) is 21.3. The summed E-state index contributed by atoms with van der Waals surface area (Å²) in [6.45, 7) is 1.88. The van der Waals surface area contributed by atoms with E-state index < -0.39 is 23.2 Å². The summed E-state index contributed by atoms with van der Waals surface area (Å²) >= 11 is 0. The van der Waals surface area contributed by atoms with E-state index in [2.05, 4.69) is 15.3 Å². The maximum Gasteiger partial charge on any atom is 0.417 e. The van der Waals surface area contributed by atoms with E-state index >= 15 is 0 Å². The van der Waals surface area contributed by atoms with E-state index in [9.17, 15) is 18.0 Å². The molecule has 30 heavy (non-hydrogen) atoms. The number of rotatable bonds is 3. The van der Waals surface area contributed by atoms with Crippen molar-refractivity contribution in [3.8, 4) is 0 Å². The third-order valence-electron chi connectivity index (χ3n) is 5.31. The summed E-state index contributed by atoms with van der Waals surface area (Å²) in [4.78, 5) is 19.5. The second-order valence-corrected chi connectivity index (χ2v) is 7.41. The highest BCUT2D eigenvalue weighted by Gasteiger charge is 2.35. The van der Waals surface area contributed by atoms with E-state index in [-0.39, 0.29) is 5.82 Å². The lowest BCUT2D eigenvalue weighted by Crippen LogP contribution is -2.24. The molecule has 9 heteroatoms. The number of benzene rings is 1. The average Bonchev–Trinajstić information content (AvgIpc) is 2.90. The molecule has 0 spiro atoms. The number of aromatic nitrogens is 3. The van der Waals surface area contributed by atoms with Gasteiger partial charge in [-0.25, -0.2) is 9.67 Å². The fourth-order valence-corrected chi connectivity index (χ4v) is 3.79. The molecule has 0 bridgehead atoms. The summed E-state index contributed by atoms with van der Waals surface area (Å²) in [5.74, 6) is 0.164. The smallest absolute Gasteiger partial charge is 0.357 e. The maximum atomic E-state index is 13.2. The summed E-state index contributed by atoms with van der Waals surface area (Å²) in [6.07, 6.45) is 0.0276. The molecule has 1 N–H and O–H groups in total. The molecule has 2 aromatic heterocycles. The molecule has 3 aromatic rings. The van der Waals surface area contributed by atoms with Gasteiger partial charge >= 0.3 is 6.18 Å². The standard InChI is InChI=1S/C21H22F3N5O/c1-28-19-15(10-11-17(25-19)29-12-6-2-3-7-13-29)18(27-28)26-20(30)14-8-4-5-9-16(14)21(22,23)24/h4-5,8-11H,2-3,6-7,12-13H2,1H3,(H,26,27,30). The van der Waals surface area contributed by atoms with Gasteiger partial charge in [0.25, 0.3) is 5.91 Å². The summed E-state index contributed by atoms with van der Waals surface area (Å²) < 4.78 is 41.3. The third-order valence-corrected chi connectivity index (χ3v) is 5.31. The number of nitrogens with one attached hydrogen (secondary N) is 1. The van der Waals surface area contributed by atoms with Crippen molar-refractivity contribution in [1.29, 1.82) is 0 Å². The number of pyridine rings is 1. The molecule has 1 aliphatic heterocycles. The Morgan fingerprint density at radius 1 is 1.03 bits per heavy atom. The van der Waals surface area contributed by atoms with Crippen LogP contribution in [0.25, 0.3) is 11.0 Å². The van der Waals surface area contributed by atoms with E-state index in [1.54, 1.807) is 13.1 Å². The van der Waals surface area contributed by atoms with Gasteiger partial charge in [-0.15, -0.1) is 0 Å². The highest BCUT2D eigenvalue weighted by molar-refractivity contribution is 6.08. The molecule has 158 valence electrons. The normalized spacial score (nSPS) is 15.3. The van der Waals surface area contributed by atoms with Crippen LogP contribution in [-0.4, -0.2) is 33.8 Å². The molecule has 1 amide bonds. The van der Waals surface area contributed by atoms with E-state index in [4.69, 9.17) is 4.98 Å². The minimum Gasteiger partial charge on any atom is -0.357 e. The molecular formula is C21H22F3N5O. The Morgan fingerprint density at radius 2 is 1.73 bits per heavy atom. The molecular weight excluding hydrogens is 395 g/mol. The van der Waals surface area contributed by atoms with Gasteiger partial charge in [-0.05, 0) is 37.1 Å². The molecule has 1 saturated heterocycles. The van der Waals surface area contributed by atoms with Crippen LogP contribution >= 0.6 is 0 Å². The Balaban J connectivity index is 1.64. The highest BCUT2D eigenvalue weighted by atomic mass is 19.4. The van der Waals surface area contributed by atoms with Crippen LogP contribution in [-0.2, 0) is 13.2 Å². The highest BCUT2D eigenvalue weighted by Crippen LogP contribution is 2.32. The lowest BCUT2D eigenvalue weighted by Gasteiger charge is -2.21. The maximum absolute atomic E-state index is 13.2. The lowest BCUT2D eigenvalue weighted by molar-refractivity contribution is -0.137. The van der Waals surface area contributed by atoms with Gasteiger partial charge in [0, 0.05) is 20.1 Å². The molecule has 1 aliphatic rings. The van der Waals surface area contributed by atoms with Gasteiger partial charge in [-0.3, -0.25) is 4.79 Å². The molecule has 3 heterocycles. The fourth-order valence-electron chi connectivity index (χ4n) is 3.79. The van der Waals surface area contributed by atoms with Crippen LogP contribution in [0, 0.1) is 0 Å². The van der Waals surface area contributed by atoms with Crippen molar-refractivity contribution in [2.24, 2.45) is 7.05 Å². The van der Waals surface area contributed by atoms with Gasteiger partial charge in [-0.1, -0.05) is 25.0 Å². The Labute approximate surface area is 171 Å². The second-order valence-electron chi connectivity index (χ2n) is 7.41. The molecule has 0 aliphatic carbocycles. The SMILES string of the molecule is Cn1nc(NC(=O)c2ccccc2C(F)(F)F)c2ccc(N3CCCCCC3)nc21. The average molecular weight is 417 g/mol. The number of aryl methyl sites for hydroxylation is 1. The fraction of sp³-hybridized carbons (Fsp3) is 0.381. The molecule has 0 atom stereocenters. The first-order valence-corrected chi connectivity index (χ1v) is 9.91. The van der Waals surface area contributed by atoms with Crippen molar-refractivity contribution in [2.75, 3.05) is 23.3 Å². The number of hydrogen-bond donors (Lipinski definition) is 1. The van der Waals surface area contributed by atoms with E-state index in [1.807, 2.05) is 6.07 Å². The first-order chi connectivity index (χ1) is 14.3. The number of carbonyl (C=O) groups excluding carboxylic acids is 1. The predicted octanol–water partition coefficient (Wildman–Crippen LogP) is 4.62. The third kappa shape index (κ3) is 3.96. The Kier molecular flexibility index (Phi) is 5.36. The van der Waals surface area contributed by atoms with Crippen molar-refractivity contribution in [3.05, 3.63) is 47.5 Å². The quantitative estimate of drug-likeness (QED) is 0.676. The van der Waals surface area contributed by atoms with Crippen LogP contribution in [0.1, 0.15) is 41.6 Å². The minimum atomic E-state index is -4.62. The first-order valence-electron chi connectivity index (χ1n) is 9.91. The zero-order valence-corrected chi connectivity index (χ0v) is 16.5. The van der Waals surface area contributed by atoms with Gasteiger partial charge in [0.1, 0.15) is 5.82 Å². The van der Waals surface area contributed by atoms with Crippen LogP contribution in [0.4, 0.5) is 24.8 Å². The van der Waals surface area contributed by atoms with E-state index in [0.717, 1.165) is 43.9 Å². The second kappa shape index (κ2) is 7.97. The first kappa shape index (κ1) is 20.2. The van der Waals surface area contributed by atoms with Crippen molar-refractivity contribution in [3.63, 3.8) is 0 Å². The number of halogens is 3. The van der Waals surface area contributed by atoms with Gasteiger partial charge in [0.15, 0.2) is 11.5 Å². The summed E-state index contributed by atoms with van der Waals surface area (Å²) in [7, 11) is 1.70. The van der Waals surface area contributed by atoms with Crippen molar-refractivity contribution >= 4 is 28.6 Å². The molecule has 0 saturated carbocycles. The number of alkyl halides is 3. The molecule has 1 fully saturated rings. The van der Waals surface area contributed by atoms with Gasteiger partial charge < -0.3 is 10.2 Å². The summed E-state index contributed by atoms with van der Waals surface area (Å²) in [6, 6.07) is 8.37. The number of hydrogen-bond acceptors (Lipinski definition) is 4. The lowest BCUT2D eigenvalue weighted by atomic mass is 10.1. The van der Waals surface area contributed by atoms with Gasteiger partial charge in [0.2, 0.25) is 0 Å². The monoisotopic (exact) mass is 417 g/mol. The number of fused-ring (bicyclic) bond motifs is 1. The number of anilines is 2.